The van der Waals surface area contributed by atoms with Gasteiger partial charge < -0.3 is 15.4 Å². The summed E-state index contributed by atoms with van der Waals surface area (Å²) >= 11 is 0. The van der Waals surface area contributed by atoms with Gasteiger partial charge in [0.05, 0.1) is 7.11 Å². The second-order valence-corrected chi connectivity index (χ2v) is 5.60. The molecule has 1 aromatic carbocycles. The second kappa shape index (κ2) is 6.75. The summed E-state index contributed by atoms with van der Waals surface area (Å²) < 4.78 is 5.30. The molecule has 2 rings (SSSR count). The molecule has 0 aromatic heterocycles. The van der Waals surface area contributed by atoms with Gasteiger partial charge in [0.15, 0.2) is 0 Å². The third-order valence-electron chi connectivity index (χ3n) is 3.93. The molecule has 1 aromatic rings. The summed E-state index contributed by atoms with van der Waals surface area (Å²) in [5.41, 5.74) is 2.18. The van der Waals surface area contributed by atoms with Crippen molar-refractivity contribution in [3.8, 4) is 5.75 Å². The van der Waals surface area contributed by atoms with Crippen molar-refractivity contribution in [1.29, 1.82) is 0 Å². The van der Waals surface area contributed by atoms with Crippen molar-refractivity contribution >= 4 is 5.91 Å². The second-order valence-electron chi connectivity index (χ2n) is 5.60. The van der Waals surface area contributed by atoms with Crippen LogP contribution >= 0.6 is 0 Å². The van der Waals surface area contributed by atoms with Crippen LogP contribution in [0.4, 0.5) is 0 Å². The molecule has 1 saturated heterocycles. The Bertz CT molecular complexity index is 474. The van der Waals surface area contributed by atoms with E-state index in [0.29, 0.717) is 12.6 Å². The maximum Gasteiger partial charge on any atom is 0.223 e. The minimum Gasteiger partial charge on any atom is -0.496 e. The van der Waals surface area contributed by atoms with Gasteiger partial charge in [0.2, 0.25) is 5.91 Å². The van der Waals surface area contributed by atoms with Crippen LogP contribution in [-0.2, 0) is 11.3 Å². The van der Waals surface area contributed by atoms with Crippen molar-refractivity contribution in [1.82, 2.24) is 10.6 Å². The van der Waals surface area contributed by atoms with Gasteiger partial charge in [0, 0.05) is 18.5 Å². The number of hydrogen-bond donors (Lipinski definition) is 2. The normalized spacial score (nSPS) is 22.4. The SMILES string of the molecule is COc1cc(CNC(=O)[C@H]2CCN[C@@H](C)C2)ccc1C. The monoisotopic (exact) mass is 276 g/mol. The lowest BCUT2D eigenvalue weighted by atomic mass is 9.92. The Balaban J connectivity index is 1.89. The fourth-order valence-corrected chi connectivity index (χ4v) is 2.68. The van der Waals surface area contributed by atoms with Gasteiger partial charge in [-0.1, -0.05) is 12.1 Å². The van der Waals surface area contributed by atoms with Crippen LogP contribution < -0.4 is 15.4 Å². The van der Waals surface area contributed by atoms with Crippen molar-refractivity contribution in [2.24, 2.45) is 5.92 Å². The molecule has 2 atom stereocenters. The maximum atomic E-state index is 12.2. The van der Waals surface area contributed by atoms with Crippen molar-refractivity contribution in [3.05, 3.63) is 29.3 Å². The van der Waals surface area contributed by atoms with Crippen molar-refractivity contribution < 1.29 is 9.53 Å². The van der Waals surface area contributed by atoms with Gasteiger partial charge >= 0.3 is 0 Å². The Kier molecular flexibility index (Phi) is 5.01. The van der Waals surface area contributed by atoms with E-state index in [4.69, 9.17) is 4.74 Å². The number of benzene rings is 1. The minimum absolute atomic E-state index is 0.138. The highest BCUT2D eigenvalue weighted by Gasteiger charge is 2.24. The fourth-order valence-electron chi connectivity index (χ4n) is 2.68. The molecular weight excluding hydrogens is 252 g/mol. The maximum absolute atomic E-state index is 12.2. The Morgan fingerprint density at radius 1 is 1.50 bits per heavy atom. The van der Waals surface area contributed by atoms with Crippen LogP contribution in [0.25, 0.3) is 0 Å². The van der Waals surface area contributed by atoms with Gasteiger partial charge in [-0.25, -0.2) is 0 Å². The van der Waals surface area contributed by atoms with E-state index >= 15 is 0 Å². The van der Waals surface area contributed by atoms with E-state index in [9.17, 15) is 4.79 Å². The molecule has 1 aliphatic heterocycles. The lowest BCUT2D eigenvalue weighted by molar-refractivity contribution is -0.126. The van der Waals surface area contributed by atoms with Crippen LogP contribution in [0.5, 0.6) is 5.75 Å². The van der Waals surface area contributed by atoms with Crippen molar-refractivity contribution in [3.63, 3.8) is 0 Å². The Morgan fingerprint density at radius 3 is 3.00 bits per heavy atom. The molecule has 4 heteroatoms. The molecule has 0 aliphatic carbocycles. The molecule has 110 valence electrons. The third kappa shape index (κ3) is 3.73. The molecule has 0 saturated carbocycles. The highest BCUT2D eigenvalue weighted by atomic mass is 16.5. The Hall–Kier alpha value is -1.55. The zero-order chi connectivity index (χ0) is 14.5. The number of aryl methyl sites for hydroxylation is 1. The first-order valence-electron chi connectivity index (χ1n) is 7.24. The van der Waals surface area contributed by atoms with Gasteiger partial charge in [-0.15, -0.1) is 0 Å². The molecule has 20 heavy (non-hydrogen) atoms. The zero-order valence-electron chi connectivity index (χ0n) is 12.5. The molecule has 1 aliphatic rings. The molecule has 1 fully saturated rings. The molecule has 2 N–H and O–H groups in total. The largest absolute Gasteiger partial charge is 0.496 e. The Labute approximate surface area is 120 Å². The fraction of sp³-hybridized carbons (Fsp3) is 0.562. The number of methoxy groups -OCH3 is 1. The predicted molar refractivity (Wildman–Crippen MR) is 79.8 cm³/mol. The van der Waals surface area contributed by atoms with Crippen LogP contribution in [-0.4, -0.2) is 25.6 Å². The number of ether oxygens (including phenoxy) is 1. The van der Waals surface area contributed by atoms with Crippen LogP contribution in [0.1, 0.15) is 30.9 Å². The topological polar surface area (TPSA) is 50.4 Å². The number of carbonyl (C=O) groups excluding carboxylic acids is 1. The third-order valence-corrected chi connectivity index (χ3v) is 3.93. The minimum atomic E-state index is 0.138. The summed E-state index contributed by atoms with van der Waals surface area (Å²) in [6, 6.07) is 6.47. The molecule has 1 heterocycles. The summed E-state index contributed by atoms with van der Waals surface area (Å²) in [4.78, 5) is 12.2. The molecule has 0 unspecified atom stereocenters. The van der Waals surface area contributed by atoms with E-state index in [1.54, 1.807) is 7.11 Å². The van der Waals surface area contributed by atoms with Gasteiger partial charge in [0.25, 0.3) is 0 Å². The van der Waals surface area contributed by atoms with E-state index < -0.39 is 0 Å². The molecule has 0 radical (unpaired) electrons. The average molecular weight is 276 g/mol. The highest BCUT2D eigenvalue weighted by Crippen LogP contribution is 2.19. The van der Waals surface area contributed by atoms with Crippen LogP contribution in [0.2, 0.25) is 0 Å². The number of nitrogens with one attached hydrogen (secondary N) is 2. The first-order chi connectivity index (χ1) is 9.60. The molecule has 1 amide bonds. The van der Waals surface area contributed by atoms with Gasteiger partial charge in [-0.05, 0) is 50.4 Å². The summed E-state index contributed by atoms with van der Waals surface area (Å²) in [7, 11) is 1.67. The van der Waals surface area contributed by atoms with Crippen LogP contribution in [0, 0.1) is 12.8 Å². The van der Waals surface area contributed by atoms with E-state index in [1.807, 2.05) is 25.1 Å². The number of piperidine rings is 1. The quantitative estimate of drug-likeness (QED) is 0.884. The number of carbonyl (C=O) groups is 1. The highest BCUT2D eigenvalue weighted by molar-refractivity contribution is 5.78. The summed E-state index contributed by atoms with van der Waals surface area (Å²) in [5.74, 6) is 1.17. The molecular formula is C16H24N2O2. The first-order valence-corrected chi connectivity index (χ1v) is 7.24. The summed E-state index contributed by atoms with van der Waals surface area (Å²) in [6.07, 6.45) is 1.84. The number of amides is 1. The van der Waals surface area contributed by atoms with Gasteiger partial charge in [-0.3, -0.25) is 4.79 Å². The number of rotatable bonds is 4. The summed E-state index contributed by atoms with van der Waals surface area (Å²) in [6.45, 7) is 5.63. The number of hydrogen-bond acceptors (Lipinski definition) is 3. The first kappa shape index (κ1) is 14.9. The summed E-state index contributed by atoms with van der Waals surface area (Å²) in [5, 5.41) is 6.40. The van der Waals surface area contributed by atoms with Crippen molar-refractivity contribution in [2.45, 2.75) is 39.3 Å². The van der Waals surface area contributed by atoms with Gasteiger partial charge in [0.1, 0.15) is 5.75 Å². The van der Waals surface area contributed by atoms with E-state index in [2.05, 4.69) is 17.6 Å². The van der Waals surface area contributed by atoms with E-state index in [0.717, 1.165) is 36.3 Å². The van der Waals surface area contributed by atoms with Gasteiger partial charge in [-0.2, -0.15) is 0 Å². The van der Waals surface area contributed by atoms with Crippen LogP contribution in [0.15, 0.2) is 18.2 Å². The Morgan fingerprint density at radius 2 is 2.30 bits per heavy atom. The molecule has 0 spiro atoms. The zero-order valence-corrected chi connectivity index (χ0v) is 12.5. The predicted octanol–water partition coefficient (Wildman–Crippen LogP) is 2.01. The van der Waals surface area contributed by atoms with Crippen molar-refractivity contribution in [2.75, 3.05) is 13.7 Å². The lowest BCUT2D eigenvalue weighted by Crippen LogP contribution is -2.42. The van der Waals surface area contributed by atoms with E-state index in [-0.39, 0.29) is 11.8 Å². The smallest absolute Gasteiger partial charge is 0.223 e. The lowest BCUT2D eigenvalue weighted by Gasteiger charge is -2.27. The molecule has 0 bridgehead atoms. The standard InChI is InChI=1S/C16H24N2O2/c1-11-4-5-13(9-15(11)20-3)10-18-16(19)14-6-7-17-12(2)8-14/h4-5,9,12,14,17H,6-8,10H2,1-3H3,(H,18,19)/t12-,14-/m0/s1. The van der Waals surface area contributed by atoms with E-state index in [1.165, 1.54) is 0 Å². The molecule has 4 nitrogen and oxygen atoms in total. The average Bonchev–Trinajstić information content (AvgIpc) is 2.46. The van der Waals surface area contributed by atoms with Crippen LogP contribution in [0.3, 0.4) is 0 Å².